The zero-order valence-corrected chi connectivity index (χ0v) is 18.8. The van der Waals surface area contributed by atoms with Gasteiger partial charge < -0.3 is 15.2 Å². The van der Waals surface area contributed by atoms with Crippen molar-refractivity contribution in [3.63, 3.8) is 0 Å². The SMILES string of the molecule is CC(C)(O)c1cc(Nc2cc(Oc3sc(C4CC4)nc3-c3ccccc3)ccn2)ccn1. The quantitative estimate of drug-likeness (QED) is 0.351. The number of ether oxygens (including phenoxy) is 1. The van der Waals surface area contributed by atoms with Crippen LogP contribution in [0.2, 0.25) is 0 Å². The topological polar surface area (TPSA) is 80.2 Å². The number of nitrogens with one attached hydrogen (secondary N) is 1. The Hall–Kier alpha value is -3.29. The van der Waals surface area contributed by atoms with Crippen molar-refractivity contribution in [1.29, 1.82) is 0 Å². The van der Waals surface area contributed by atoms with Gasteiger partial charge in [0.1, 0.15) is 27.9 Å². The van der Waals surface area contributed by atoms with Crippen molar-refractivity contribution in [1.82, 2.24) is 15.0 Å². The van der Waals surface area contributed by atoms with Crippen LogP contribution in [0.25, 0.3) is 11.3 Å². The van der Waals surface area contributed by atoms with Gasteiger partial charge >= 0.3 is 0 Å². The van der Waals surface area contributed by atoms with E-state index in [2.05, 4.69) is 27.4 Å². The van der Waals surface area contributed by atoms with E-state index in [1.807, 2.05) is 42.5 Å². The van der Waals surface area contributed by atoms with Gasteiger partial charge in [0.25, 0.3) is 0 Å². The van der Waals surface area contributed by atoms with E-state index in [4.69, 9.17) is 9.72 Å². The maximum absolute atomic E-state index is 10.2. The highest BCUT2D eigenvalue weighted by Gasteiger charge is 2.29. The highest BCUT2D eigenvalue weighted by molar-refractivity contribution is 7.14. The number of thiazole rings is 1. The van der Waals surface area contributed by atoms with Gasteiger partial charge in [-0.3, -0.25) is 4.98 Å². The summed E-state index contributed by atoms with van der Waals surface area (Å²) in [5, 5.41) is 15.4. The third-order valence-electron chi connectivity index (χ3n) is 5.19. The maximum Gasteiger partial charge on any atom is 0.208 e. The number of hydrogen-bond donors (Lipinski definition) is 2. The van der Waals surface area contributed by atoms with E-state index >= 15 is 0 Å². The fraction of sp³-hybridized carbons (Fsp3) is 0.240. The number of aliphatic hydroxyl groups is 1. The lowest BCUT2D eigenvalue weighted by Gasteiger charge is -2.17. The predicted molar refractivity (Wildman–Crippen MR) is 127 cm³/mol. The lowest BCUT2D eigenvalue weighted by Crippen LogP contribution is -2.17. The van der Waals surface area contributed by atoms with Gasteiger partial charge in [0.05, 0.1) is 5.69 Å². The van der Waals surface area contributed by atoms with Crippen molar-refractivity contribution in [2.24, 2.45) is 0 Å². The fourth-order valence-corrected chi connectivity index (χ4v) is 4.44. The zero-order valence-electron chi connectivity index (χ0n) is 17.9. The Kier molecular flexibility index (Phi) is 5.36. The molecule has 0 amide bonds. The molecule has 0 spiro atoms. The molecule has 3 heterocycles. The van der Waals surface area contributed by atoms with Gasteiger partial charge in [-0.1, -0.05) is 41.7 Å². The summed E-state index contributed by atoms with van der Waals surface area (Å²) in [5.74, 6) is 1.89. The molecule has 1 aliphatic carbocycles. The van der Waals surface area contributed by atoms with Crippen molar-refractivity contribution >= 4 is 22.8 Å². The molecular weight excluding hydrogens is 420 g/mol. The van der Waals surface area contributed by atoms with Crippen molar-refractivity contribution in [3.05, 3.63) is 77.7 Å². The maximum atomic E-state index is 10.2. The van der Waals surface area contributed by atoms with Crippen LogP contribution in [0.3, 0.4) is 0 Å². The molecule has 4 aromatic rings. The molecule has 0 bridgehead atoms. The summed E-state index contributed by atoms with van der Waals surface area (Å²) < 4.78 is 6.30. The molecular formula is C25H24N4O2S. The zero-order chi connectivity index (χ0) is 22.1. The molecule has 0 atom stereocenters. The smallest absolute Gasteiger partial charge is 0.208 e. The van der Waals surface area contributed by atoms with Crippen LogP contribution in [0, 0.1) is 0 Å². The highest BCUT2D eigenvalue weighted by Crippen LogP contribution is 2.48. The minimum absolute atomic E-state index is 0.561. The van der Waals surface area contributed by atoms with Crippen molar-refractivity contribution in [3.8, 4) is 22.1 Å². The minimum Gasteiger partial charge on any atom is -0.444 e. The van der Waals surface area contributed by atoms with Gasteiger partial charge in [-0.2, -0.15) is 0 Å². The summed E-state index contributed by atoms with van der Waals surface area (Å²) in [7, 11) is 0. The third-order valence-corrected chi connectivity index (χ3v) is 6.28. The van der Waals surface area contributed by atoms with Crippen LogP contribution in [-0.4, -0.2) is 20.1 Å². The molecule has 6 nitrogen and oxygen atoms in total. The van der Waals surface area contributed by atoms with Crippen LogP contribution >= 0.6 is 11.3 Å². The molecule has 0 aliphatic heterocycles. The van der Waals surface area contributed by atoms with Gasteiger partial charge in [-0.15, -0.1) is 0 Å². The molecule has 1 fully saturated rings. The van der Waals surface area contributed by atoms with Crippen LogP contribution < -0.4 is 10.1 Å². The van der Waals surface area contributed by atoms with Crippen LogP contribution in [0.15, 0.2) is 67.0 Å². The van der Waals surface area contributed by atoms with E-state index in [1.54, 1.807) is 37.6 Å². The van der Waals surface area contributed by atoms with Gasteiger partial charge in [0.2, 0.25) is 5.06 Å². The fourth-order valence-electron chi connectivity index (χ4n) is 3.32. The van der Waals surface area contributed by atoms with E-state index in [0.29, 0.717) is 23.2 Å². The van der Waals surface area contributed by atoms with E-state index < -0.39 is 5.60 Å². The van der Waals surface area contributed by atoms with E-state index in [0.717, 1.165) is 27.0 Å². The largest absolute Gasteiger partial charge is 0.444 e. The lowest BCUT2D eigenvalue weighted by molar-refractivity contribution is 0.0739. The number of hydrogen-bond acceptors (Lipinski definition) is 7. The summed E-state index contributed by atoms with van der Waals surface area (Å²) in [6.07, 6.45) is 5.77. The molecule has 0 saturated heterocycles. The second kappa shape index (κ2) is 8.33. The van der Waals surface area contributed by atoms with Crippen molar-refractivity contribution < 1.29 is 9.84 Å². The first-order valence-corrected chi connectivity index (χ1v) is 11.4. The number of benzene rings is 1. The third kappa shape index (κ3) is 4.64. The first kappa shape index (κ1) is 20.6. The Bertz CT molecular complexity index is 1230. The standard InChI is InChI=1S/C25H24N4O2S/c1-25(2,30)20-14-18(10-12-26-20)28-21-15-19(11-13-27-21)31-24-22(16-6-4-3-5-7-16)29-23(32-24)17-8-9-17/h3-7,10-15,17,30H,8-9H2,1-2H3,(H,26,27,28). The molecule has 1 saturated carbocycles. The van der Waals surface area contributed by atoms with Gasteiger partial charge in [-0.25, -0.2) is 9.97 Å². The van der Waals surface area contributed by atoms with Gasteiger partial charge in [-0.05, 0) is 44.9 Å². The molecule has 1 aliphatic rings. The molecule has 5 rings (SSSR count). The average Bonchev–Trinajstić information content (AvgIpc) is 3.55. The van der Waals surface area contributed by atoms with Gasteiger partial charge in [0, 0.05) is 35.6 Å². The highest BCUT2D eigenvalue weighted by atomic mass is 32.1. The molecule has 162 valence electrons. The molecule has 7 heteroatoms. The van der Waals surface area contributed by atoms with Crippen LogP contribution in [0.1, 0.15) is 43.3 Å². The lowest BCUT2D eigenvalue weighted by atomic mass is 10.0. The summed E-state index contributed by atoms with van der Waals surface area (Å²) in [6, 6.07) is 17.5. The Balaban J connectivity index is 1.40. The first-order chi connectivity index (χ1) is 15.5. The van der Waals surface area contributed by atoms with Crippen LogP contribution in [0.5, 0.6) is 10.8 Å². The summed E-state index contributed by atoms with van der Waals surface area (Å²) in [6.45, 7) is 3.42. The van der Waals surface area contributed by atoms with E-state index in [1.165, 1.54) is 12.8 Å². The van der Waals surface area contributed by atoms with Crippen LogP contribution in [-0.2, 0) is 5.60 Å². The average molecular weight is 445 g/mol. The summed E-state index contributed by atoms with van der Waals surface area (Å²) in [5.41, 5.74) is 2.29. The molecule has 0 unspecified atom stereocenters. The second-order valence-electron chi connectivity index (χ2n) is 8.42. The van der Waals surface area contributed by atoms with Crippen molar-refractivity contribution in [2.75, 3.05) is 5.32 Å². The number of aromatic nitrogens is 3. The molecule has 32 heavy (non-hydrogen) atoms. The Morgan fingerprint density at radius 2 is 1.81 bits per heavy atom. The predicted octanol–water partition coefficient (Wildman–Crippen LogP) is 6.24. The molecule has 0 radical (unpaired) electrons. The molecule has 2 N–H and O–H groups in total. The number of nitrogens with zero attached hydrogens (tertiary/aromatic N) is 3. The second-order valence-corrected chi connectivity index (χ2v) is 9.41. The Morgan fingerprint density at radius 1 is 1.03 bits per heavy atom. The van der Waals surface area contributed by atoms with Crippen molar-refractivity contribution in [2.45, 2.75) is 38.2 Å². The first-order valence-electron chi connectivity index (χ1n) is 10.6. The summed E-state index contributed by atoms with van der Waals surface area (Å²) in [4.78, 5) is 13.5. The normalized spacial score (nSPS) is 13.7. The van der Waals surface area contributed by atoms with E-state index in [9.17, 15) is 5.11 Å². The van der Waals surface area contributed by atoms with Gasteiger partial charge in [0.15, 0.2) is 0 Å². The minimum atomic E-state index is -1.02. The Labute approximate surface area is 191 Å². The van der Waals surface area contributed by atoms with E-state index in [-0.39, 0.29) is 0 Å². The number of anilines is 2. The summed E-state index contributed by atoms with van der Waals surface area (Å²) >= 11 is 1.62. The molecule has 1 aromatic carbocycles. The molecule has 3 aromatic heterocycles. The monoisotopic (exact) mass is 444 g/mol. The number of pyridine rings is 2. The number of rotatable bonds is 7. The van der Waals surface area contributed by atoms with Crippen LogP contribution in [0.4, 0.5) is 11.5 Å². The Morgan fingerprint density at radius 3 is 2.56 bits per heavy atom.